The van der Waals surface area contributed by atoms with Crippen molar-refractivity contribution in [2.45, 2.75) is 26.9 Å². The van der Waals surface area contributed by atoms with Gasteiger partial charge in [-0.05, 0) is 47.6 Å². The molecule has 0 radical (unpaired) electrons. The maximum absolute atomic E-state index is 12.5. The maximum Gasteiger partial charge on any atom is 0.309 e. The third-order valence-corrected chi connectivity index (χ3v) is 5.47. The van der Waals surface area contributed by atoms with Crippen molar-refractivity contribution in [3.05, 3.63) is 70.7 Å². The number of esters is 1. The topological polar surface area (TPSA) is 35.5 Å². The van der Waals surface area contributed by atoms with Crippen LogP contribution in [0.3, 0.4) is 0 Å². The van der Waals surface area contributed by atoms with Gasteiger partial charge in [0.2, 0.25) is 0 Å². The smallest absolute Gasteiger partial charge is 0.309 e. The van der Waals surface area contributed by atoms with Crippen molar-refractivity contribution in [2.24, 2.45) is 17.3 Å². The predicted molar refractivity (Wildman–Crippen MR) is 108 cm³/mol. The molecule has 1 fully saturated rings. The molecule has 142 valence electrons. The summed E-state index contributed by atoms with van der Waals surface area (Å²) in [6, 6.07) is 17.1. The van der Waals surface area contributed by atoms with Crippen molar-refractivity contribution in [1.82, 2.24) is 0 Å². The molecule has 1 saturated carbocycles. The van der Waals surface area contributed by atoms with E-state index in [-0.39, 0.29) is 34.3 Å². The first-order valence-corrected chi connectivity index (χ1v) is 9.63. The molecule has 1 aliphatic rings. The molecule has 0 unspecified atom stereocenters. The standard InChI is InChI=1S/C22H22Cl2O3/c1-22(2)16(13-20(23)24)12-19(22)21(25)26-14-15-7-6-10-18(11-15)27-17-8-4-3-5-9-17/h3-11,13,16,19H,12,14H2,1-2H3/t16-,19-/m1/s1. The molecule has 0 aromatic heterocycles. The van der Waals surface area contributed by atoms with Gasteiger partial charge in [-0.3, -0.25) is 4.79 Å². The van der Waals surface area contributed by atoms with Crippen molar-refractivity contribution >= 4 is 29.2 Å². The number of para-hydroxylation sites is 1. The Balaban J connectivity index is 1.57. The molecular weight excluding hydrogens is 383 g/mol. The number of allylic oxidation sites excluding steroid dienone is 1. The summed E-state index contributed by atoms with van der Waals surface area (Å²) in [5.41, 5.74) is 0.666. The van der Waals surface area contributed by atoms with Gasteiger partial charge in [0.05, 0.1) is 5.92 Å². The summed E-state index contributed by atoms with van der Waals surface area (Å²) in [7, 11) is 0. The Hall–Kier alpha value is -1.97. The molecule has 0 bridgehead atoms. The number of ether oxygens (including phenoxy) is 2. The summed E-state index contributed by atoms with van der Waals surface area (Å²) in [6.07, 6.45) is 2.50. The Kier molecular flexibility index (Phi) is 6.13. The van der Waals surface area contributed by atoms with Crippen LogP contribution >= 0.6 is 23.2 Å². The maximum atomic E-state index is 12.5. The van der Waals surface area contributed by atoms with E-state index in [0.717, 1.165) is 11.3 Å². The van der Waals surface area contributed by atoms with Crippen molar-refractivity contribution in [1.29, 1.82) is 0 Å². The minimum atomic E-state index is -0.218. The van der Waals surface area contributed by atoms with Gasteiger partial charge in [-0.1, -0.05) is 73.5 Å². The number of hydrogen-bond acceptors (Lipinski definition) is 3. The van der Waals surface area contributed by atoms with E-state index < -0.39 is 0 Å². The molecule has 1 aliphatic carbocycles. The number of hydrogen-bond donors (Lipinski definition) is 0. The lowest BCUT2D eigenvalue weighted by atomic mass is 9.55. The van der Waals surface area contributed by atoms with Gasteiger partial charge < -0.3 is 9.47 Å². The van der Waals surface area contributed by atoms with E-state index in [9.17, 15) is 4.79 Å². The zero-order valence-corrected chi connectivity index (χ0v) is 16.8. The SMILES string of the molecule is CC1(C)[C@@H](C(=O)OCc2cccc(Oc3ccccc3)c2)C[C@@H]1C=C(Cl)Cl. The van der Waals surface area contributed by atoms with Crippen LogP contribution in [0.15, 0.2) is 65.2 Å². The van der Waals surface area contributed by atoms with Gasteiger partial charge in [-0.2, -0.15) is 0 Å². The molecule has 2 aromatic rings. The van der Waals surface area contributed by atoms with E-state index in [2.05, 4.69) is 0 Å². The van der Waals surface area contributed by atoms with Gasteiger partial charge in [0.15, 0.2) is 0 Å². The number of benzene rings is 2. The monoisotopic (exact) mass is 404 g/mol. The Morgan fingerprint density at radius 2 is 1.81 bits per heavy atom. The summed E-state index contributed by atoms with van der Waals surface area (Å²) in [6.45, 7) is 4.29. The highest BCUT2D eigenvalue weighted by Gasteiger charge is 2.51. The van der Waals surface area contributed by atoms with Crippen molar-refractivity contribution in [3.63, 3.8) is 0 Å². The molecule has 2 aromatic carbocycles. The minimum absolute atomic E-state index is 0.157. The van der Waals surface area contributed by atoms with Gasteiger partial charge in [-0.25, -0.2) is 0 Å². The molecule has 3 nitrogen and oxygen atoms in total. The first-order valence-electron chi connectivity index (χ1n) is 8.87. The number of carbonyl (C=O) groups is 1. The highest BCUT2D eigenvalue weighted by molar-refractivity contribution is 6.55. The zero-order chi connectivity index (χ0) is 19.4. The van der Waals surface area contributed by atoms with Gasteiger partial charge in [-0.15, -0.1) is 0 Å². The molecule has 5 heteroatoms. The van der Waals surface area contributed by atoms with E-state index in [1.165, 1.54) is 0 Å². The normalized spacial score (nSPS) is 20.3. The van der Waals surface area contributed by atoms with Crippen LogP contribution in [-0.2, 0) is 16.1 Å². The van der Waals surface area contributed by atoms with Crippen LogP contribution in [0.1, 0.15) is 25.8 Å². The lowest BCUT2D eigenvalue weighted by molar-refractivity contribution is -0.164. The molecule has 0 aliphatic heterocycles. The fourth-order valence-corrected chi connectivity index (χ4v) is 3.68. The first-order chi connectivity index (χ1) is 12.9. The lowest BCUT2D eigenvalue weighted by Gasteiger charge is -2.49. The van der Waals surface area contributed by atoms with Crippen LogP contribution in [0.4, 0.5) is 0 Å². The van der Waals surface area contributed by atoms with E-state index in [1.54, 1.807) is 6.08 Å². The summed E-state index contributed by atoms with van der Waals surface area (Å²) in [5.74, 6) is 1.31. The fraction of sp³-hybridized carbons (Fsp3) is 0.318. The second kappa shape index (κ2) is 8.37. The molecule has 0 N–H and O–H groups in total. The minimum Gasteiger partial charge on any atom is -0.461 e. The Labute approximate surface area is 169 Å². The van der Waals surface area contributed by atoms with Crippen molar-refractivity contribution in [2.75, 3.05) is 0 Å². The second-order valence-electron chi connectivity index (χ2n) is 7.34. The molecule has 27 heavy (non-hydrogen) atoms. The second-order valence-corrected chi connectivity index (χ2v) is 8.35. The van der Waals surface area contributed by atoms with Gasteiger partial charge >= 0.3 is 5.97 Å². The predicted octanol–water partition coefficient (Wildman–Crippen LogP) is 6.50. The van der Waals surface area contributed by atoms with Crippen molar-refractivity contribution in [3.8, 4) is 11.5 Å². The van der Waals surface area contributed by atoms with Gasteiger partial charge in [0.25, 0.3) is 0 Å². The van der Waals surface area contributed by atoms with Crippen LogP contribution in [0.25, 0.3) is 0 Å². The molecule has 0 heterocycles. The van der Waals surface area contributed by atoms with Crippen LogP contribution in [0.2, 0.25) is 0 Å². The van der Waals surface area contributed by atoms with E-state index in [0.29, 0.717) is 12.2 Å². The Morgan fingerprint density at radius 1 is 1.11 bits per heavy atom. The van der Waals surface area contributed by atoms with Gasteiger partial charge in [0.1, 0.15) is 22.6 Å². The quantitative estimate of drug-likeness (QED) is 0.515. The Morgan fingerprint density at radius 3 is 2.48 bits per heavy atom. The Bertz CT molecular complexity index is 826. The summed E-state index contributed by atoms with van der Waals surface area (Å²) in [5, 5.41) is 0. The van der Waals surface area contributed by atoms with Crippen LogP contribution in [-0.4, -0.2) is 5.97 Å². The molecular formula is C22H22Cl2O3. The summed E-state index contributed by atoms with van der Waals surface area (Å²) < 4.78 is 11.6. The van der Waals surface area contributed by atoms with E-state index >= 15 is 0 Å². The van der Waals surface area contributed by atoms with Crippen LogP contribution in [0.5, 0.6) is 11.5 Å². The largest absolute Gasteiger partial charge is 0.461 e. The average molecular weight is 405 g/mol. The molecule has 3 rings (SSSR count). The molecule has 0 saturated heterocycles. The lowest BCUT2D eigenvalue weighted by Crippen LogP contribution is -2.48. The third-order valence-electron chi connectivity index (χ3n) is 5.21. The number of rotatable bonds is 6. The van der Waals surface area contributed by atoms with E-state index in [4.69, 9.17) is 32.7 Å². The highest BCUT2D eigenvalue weighted by atomic mass is 35.5. The van der Waals surface area contributed by atoms with Gasteiger partial charge in [0, 0.05) is 0 Å². The highest BCUT2D eigenvalue weighted by Crippen LogP contribution is 2.53. The van der Waals surface area contributed by atoms with Crippen molar-refractivity contribution < 1.29 is 14.3 Å². The van der Waals surface area contributed by atoms with Crippen LogP contribution < -0.4 is 4.74 Å². The first kappa shape index (κ1) is 19.8. The number of halogens is 2. The average Bonchev–Trinajstić information content (AvgIpc) is 2.64. The van der Waals surface area contributed by atoms with E-state index in [1.807, 2.05) is 68.4 Å². The summed E-state index contributed by atoms with van der Waals surface area (Å²) >= 11 is 11.5. The molecule has 0 amide bonds. The molecule has 0 spiro atoms. The summed E-state index contributed by atoms with van der Waals surface area (Å²) in [4.78, 5) is 12.5. The number of carbonyl (C=O) groups excluding carboxylic acids is 1. The third kappa shape index (κ3) is 4.85. The zero-order valence-electron chi connectivity index (χ0n) is 15.3. The fourth-order valence-electron chi connectivity index (χ4n) is 3.37. The van der Waals surface area contributed by atoms with Crippen LogP contribution in [0, 0.1) is 17.3 Å². The molecule has 2 atom stereocenters.